The van der Waals surface area contributed by atoms with Crippen molar-refractivity contribution in [1.29, 1.82) is 0 Å². The molecule has 1 fully saturated rings. The molecule has 0 atom stereocenters. The summed E-state index contributed by atoms with van der Waals surface area (Å²) in [5, 5.41) is 5.22. The molecule has 40 heavy (non-hydrogen) atoms. The first kappa shape index (κ1) is 28.7. The zero-order chi connectivity index (χ0) is 28.5. The Morgan fingerprint density at radius 3 is 2.52 bits per heavy atom. The van der Waals surface area contributed by atoms with E-state index in [9.17, 15) is 22.8 Å². The minimum Gasteiger partial charge on any atom is -0.383 e. The smallest absolute Gasteiger partial charge is 0.383 e. The second-order valence-corrected chi connectivity index (χ2v) is 9.09. The minimum atomic E-state index is -4.55. The van der Waals surface area contributed by atoms with Gasteiger partial charge in [0, 0.05) is 57.7 Å². The van der Waals surface area contributed by atoms with Crippen molar-refractivity contribution in [2.45, 2.75) is 6.18 Å². The molecule has 1 aliphatic rings. The first-order valence-corrected chi connectivity index (χ1v) is 12.6. The van der Waals surface area contributed by atoms with E-state index in [0.717, 1.165) is 50.5 Å². The van der Waals surface area contributed by atoms with Crippen LogP contribution in [0.2, 0.25) is 0 Å². The van der Waals surface area contributed by atoms with Crippen LogP contribution in [-0.2, 0) is 15.7 Å². The van der Waals surface area contributed by atoms with Crippen LogP contribution in [0, 0.1) is 0 Å². The van der Waals surface area contributed by atoms with Gasteiger partial charge in [-0.25, -0.2) is 4.98 Å². The molecule has 9 nitrogen and oxygen atoms in total. The van der Waals surface area contributed by atoms with Crippen molar-refractivity contribution in [3.05, 3.63) is 83.8 Å². The number of pyridine rings is 2. The van der Waals surface area contributed by atoms with Crippen molar-refractivity contribution < 1.29 is 27.5 Å². The Hall–Kier alpha value is -4.29. The Balaban J connectivity index is 1.29. The van der Waals surface area contributed by atoms with E-state index in [1.807, 2.05) is 6.07 Å². The Labute approximate surface area is 229 Å². The summed E-state index contributed by atoms with van der Waals surface area (Å²) in [6, 6.07) is 9.33. The maximum absolute atomic E-state index is 12.9. The molecule has 12 heteroatoms. The van der Waals surface area contributed by atoms with Gasteiger partial charge in [-0.1, -0.05) is 6.07 Å². The van der Waals surface area contributed by atoms with Crippen LogP contribution in [0.15, 0.2) is 67.1 Å². The van der Waals surface area contributed by atoms with Crippen LogP contribution in [0.1, 0.15) is 21.5 Å². The number of rotatable bonds is 9. The molecule has 3 heterocycles. The van der Waals surface area contributed by atoms with Gasteiger partial charge < -0.3 is 20.3 Å². The number of methoxy groups -OCH3 is 1. The summed E-state index contributed by atoms with van der Waals surface area (Å²) in [7, 11) is 1.70. The highest BCUT2D eigenvalue weighted by Crippen LogP contribution is 2.29. The van der Waals surface area contributed by atoms with E-state index in [2.05, 4.69) is 30.4 Å². The average Bonchev–Trinajstić information content (AvgIpc) is 2.95. The van der Waals surface area contributed by atoms with Gasteiger partial charge in [0.25, 0.3) is 5.91 Å². The van der Waals surface area contributed by atoms with Crippen molar-refractivity contribution in [3.8, 4) is 0 Å². The number of nitrogens with zero attached hydrogens (tertiary/aromatic N) is 4. The second kappa shape index (κ2) is 13.2. The fourth-order valence-electron chi connectivity index (χ4n) is 4.09. The largest absolute Gasteiger partial charge is 0.416 e. The molecule has 1 saturated heterocycles. The van der Waals surface area contributed by atoms with Gasteiger partial charge in [-0.15, -0.1) is 0 Å². The number of benzene rings is 1. The molecule has 0 spiro atoms. The van der Waals surface area contributed by atoms with Crippen LogP contribution < -0.4 is 15.5 Å². The average molecular weight is 555 g/mol. The topological polar surface area (TPSA) is 99.7 Å². The first-order valence-electron chi connectivity index (χ1n) is 12.6. The summed E-state index contributed by atoms with van der Waals surface area (Å²) in [6.07, 6.45) is 2.80. The fraction of sp³-hybridized carbons (Fsp3) is 0.286. The Morgan fingerprint density at radius 1 is 1.02 bits per heavy atom. The molecule has 4 rings (SSSR count). The molecule has 0 unspecified atom stereocenters. The highest BCUT2D eigenvalue weighted by Gasteiger charge is 2.30. The van der Waals surface area contributed by atoms with Crippen LogP contribution >= 0.6 is 0 Å². The molecule has 0 radical (unpaired) electrons. The van der Waals surface area contributed by atoms with Gasteiger partial charge in [0.15, 0.2) is 0 Å². The summed E-state index contributed by atoms with van der Waals surface area (Å²) < 4.78 is 44.0. The summed E-state index contributed by atoms with van der Waals surface area (Å²) in [5.41, 5.74) is 0.696. The predicted molar refractivity (Wildman–Crippen MR) is 146 cm³/mol. The molecule has 0 saturated carbocycles. The fourth-order valence-corrected chi connectivity index (χ4v) is 4.09. The van der Waals surface area contributed by atoms with Crippen LogP contribution in [0.4, 0.5) is 30.4 Å². The number of alkyl halides is 3. The molecule has 2 amide bonds. The zero-order valence-corrected chi connectivity index (χ0v) is 21.8. The van der Waals surface area contributed by atoms with E-state index in [4.69, 9.17) is 4.74 Å². The summed E-state index contributed by atoms with van der Waals surface area (Å²) in [5.74, 6) is -0.725. The van der Waals surface area contributed by atoms with Gasteiger partial charge in [-0.3, -0.25) is 19.5 Å². The molecular weight excluding hydrogens is 525 g/mol. The van der Waals surface area contributed by atoms with Gasteiger partial charge in [-0.2, -0.15) is 13.2 Å². The lowest BCUT2D eigenvalue weighted by molar-refractivity contribution is -0.137. The molecule has 2 aromatic heterocycles. The van der Waals surface area contributed by atoms with E-state index < -0.39 is 23.6 Å². The quantitative estimate of drug-likeness (QED) is 0.383. The number of anilines is 3. The number of carbonyl (C=O) groups excluding carboxylic acids is 2. The maximum atomic E-state index is 12.9. The van der Waals surface area contributed by atoms with Crippen molar-refractivity contribution in [2.75, 3.05) is 62.0 Å². The summed E-state index contributed by atoms with van der Waals surface area (Å²) in [4.78, 5) is 37.8. The lowest BCUT2D eigenvalue weighted by Crippen LogP contribution is -2.47. The Kier molecular flexibility index (Phi) is 9.46. The summed E-state index contributed by atoms with van der Waals surface area (Å²) in [6.45, 7) is 5.28. The molecule has 2 N–H and O–H groups in total. The molecule has 0 bridgehead atoms. The van der Waals surface area contributed by atoms with Crippen molar-refractivity contribution in [2.24, 2.45) is 0 Å². The van der Waals surface area contributed by atoms with Crippen LogP contribution in [0.5, 0.6) is 0 Å². The highest BCUT2D eigenvalue weighted by atomic mass is 19.4. The van der Waals surface area contributed by atoms with E-state index in [-0.39, 0.29) is 11.3 Å². The van der Waals surface area contributed by atoms with Crippen molar-refractivity contribution >= 4 is 35.1 Å². The van der Waals surface area contributed by atoms with Crippen LogP contribution in [0.25, 0.3) is 6.08 Å². The second-order valence-electron chi connectivity index (χ2n) is 9.09. The predicted octanol–water partition coefficient (Wildman–Crippen LogP) is 4.17. The van der Waals surface area contributed by atoms with Crippen molar-refractivity contribution in [1.82, 2.24) is 14.9 Å². The number of aromatic nitrogens is 2. The zero-order valence-electron chi connectivity index (χ0n) is 21.8. The lowest BCUT2D eigenvalue weighted by Gasteiger charge is -2.35. The molecule has 1 aliphatic heterocycles. The van der Waals surface area contributed by atoms with E-state index >= 15 is 0 Å². The van der Waals surface area contributed by atoms with Gasteiger partial charge >= 0.3 is 6.18 Å². The van der Waals surface area contributed by atoms with Gasteiger partial charge in [0.2, 0.25) is 5.91 Å². The third-order valence-corrected chi connectivity index (χ3v) is 6.24. The summed E-state index contributed by atoms with van der Waals surface area (Å²) >= 11 is 0. The highest BCUT2D eigenvalue weighted by molar-refractivity contribution is 6.04. The van der Waals surface area contributed by atoms with Crippen LogP contribution in [0.3, 0.4) is 0 Å². The molecular formula is C28H29F3N6O3. The third-order valence-electron chi connectivity index (χ3n) is 6.24. The number of halogens is 3. The van der Waals surface area contributed by atoms with Crippen molar-refractivity contribution in [3.63, 3.8) is 0 Å². The Morgan fingerprint density at radius 2 is 1.82 bits per heavy atom. The molecule has 0 aliphatic carbocycles. The molecule has 1 aromatic carbocycles. The van der Waals surface area contributed by atoms with Gasteiger partial charge in [0.1, 0.15) is 5.82 Å². The maximum Gasteiger partial charge on any atom is 0.416 e. The van der Waals surface area contributed by atoms with E-state index in [1.54, 1.807) is 25.4 Å². The first-order chi connectivity index (χ1) is 19.2. The SMILES string of the molecule is COCCN1CCN(c2ccc(NC(=O)C=Cc3cncc(NC(=O)c4cccc(C(F)(F)F)c4)c3)nc2)CC1. The normalized spacial score (nSPS) is 14.3. The van der Waals surface area contributed by atoms with E-state index in [0.29, 0.717) is 18.0 Å². The monoisotopic (exact) mass is 554 g/mol. The standard InChI is InChI=1S/C28H29F3N6O3/c1-40-14-13-36-9-11-37(12-10-36)24-6-7-25(33-19-24)35-26(38)8-5-20-15-23(18-32-17-20)34-27(39)21-3-2-4-22(16-21)28(29,30)31/h2-8,15-19H,9-14H2,1H3,(H,34,39)(H,33,35,38). The number of hydrogen-bond donors (Lipinski definition) is 2. The van der Waals surface area contributed by atoms with Crippen LogP contribution in [-0.4, -0.2) is 73.1 Å². The third kappa shape index (κ3) is 8.10. The number of nitrogens with one attached hydrogen (secondary N) is 2. The molecule has 210 valence electrons. The Bertz CT molecular complexity index is 1340. The number of amides is 2. The van der Waals surface area contributed by atoms with Gasteiger partial charge in [0.05, 0.1) is 35.9 Å². The van der Waals surface area contributed by atoms with Gasteiger partial charge in [-0.05, 0) is 48.0 Å². The minimum absolute atomic E-state index is 0.141. The number of carbonyl (C=O) groups is 2. The number of hydrogen-bond acceptors (Lipinski definition) is 7. The number of ether oxygens (including phenoxy) is 1. The molecule has 3 aromatic rings. The number of piperazine rings is 1. The van der Waals surface area contributed by atoms with E-state index in [1.165, 1.54) is 36.7 Å². The lowest BCUT2D eigenvalue weighted by atomic mass is 10.1.